The zero-order chi connectivity index (χ0) is 10.7. The quantitative estimate of drug-likeness (QED) is 0.776. The summed E-state index contributed by atoms with van der Waals surface area (Å²) in [5.74, 6) is 0.334. The fraction of sp³-hybridized carbons (Fsp3) is 0.538. The predicted octanol–water partition coefficient (Wildman–Crippen LogP) is 1.92. The minimum Gasteiger partial charge on any atom is -0.396 e. The molecule has 0 heterocycles. The van der Waals surface area contributed by atoms with Gasteiger partial charge in [-0.1, -0.05) is 36.8 Å². The molecular formula is C13H18O2. The van der Waals surface area contributed by atoms with Gasteiger partial charge in [-0.25, -0.2) is 0 Å². The van der Waals surface area contributed by atoms with Crippen LogP contribution in [-0.4, -0.2) is 22.9 Å². The number of benzene rings is 1. The summed E-state index contributed by atoms with van der Waals surface area (Å²) in [6, 6.07) is 10.0. The highest BCUT2D eigenvalue weighted by Gasteiger charge is 2.32. The molecule has 1 aliphatic rings. The summed E-state index contributed by atoms with van der Waals surface area (Å²) in [7, 11) is 0. The maximum absolute atomic E-state index is 10.0. The lowest BCUT2D eigenvalue weighted by Crippen LogP contribution is -2.32. The van der Waals surface area contributed by atoms with Gasteiger partial charge >= 0.3 is 0 Å². The van der Waals surface area contributed by atoms with Crippen LogP contribution < -0.4 is 0 Å². The summed E-state index contributed by atoms with van der Waals surface area (Å²) < 4.78 is 0. The molecule has 0 aromatic heterocycles. The van der Waals surface area contributed by atoms with E-state index in [1.807, 2.05) is 30.3 Å². The Balaban J connectivity index is 2.23. The number of aliphatic hydroxyl groups is 2. The molecule has 2 heteroatoms. The van der Waals surface area contributed by atoms with E-state index in [4.69, 9.17) is 0 Å². The van der Waals surface area contributed by atoms with Gasteiger partial charge in [0.2, 0.25) is 0 Å². The molecule has 2 rings (SSSR count). The summed E-state index contributed by atoms with van der Waals surface area (Å²) >= 11 is 0. The summed E-state index contributed by atoms with van der Waals surface area (Å²) in [6.07, 6.45) is 2.61. The van der Waals surface area contributed by atoms with E-state index in [-0.39, 0.29) is 24.5 Å². The van der Waals surface area contributed by atoms with Crippen LogP contribution in [0.25, 0.3) is 0 Å². The lowest BCUT2D eigenvalue weighted by Gasteiger charge is -2.34. The largest absolute Gasteiger partial charge is 0.396 e. The molecule has 0 amide bonds. The second-order valence-corrected chi connectivity index (χ2v) is 4.38. The van der Waals surface area contributed by atoms with E-state index >= 15 is 0 Å². The van der Waals surface area contributed by atoms with Crippen molar-refractivity contribution >= 4 is 0 Å². The fourth-order valence-electron chi connectivity index (χ4n) is 2.64. The highest BCUT2D eigenvalue weighted by Crippen LogP contribution is 2.37. The Bertz CT molecular complexity index is 297. The molecule has 1 aromatic carbocycles. The predicted molar refractivity (Wildman–Crippen MR) is 59.6 cm³/mol. The third kappa shape index (κ3) is 2.21. The van der Waals surface area contributed by atoms with Crippen molar-refractivity contribution in [3.8, 4) is 0 Å². The molecule has 2 nitrogen and oxygen atoms in total. The third-order valence-electron chi connectivity index (χ3n) is 3.42. The van der Waals surface area contributed by atoms with Crippen molar-refractivity contribution in [3.63, 3.8) is 0 Å². The molecule has 1 fully saturated rings. The van der Waals surface area contributed by atoms with E-state index in [1.54, 1.807) is 0 Å². The van der Waals surface area contributed by atoms with Gasteiger partial charge < -0.3 is 10.2 Å². The second-order valence-electron chi connectivity index (χ2n) is 4.38. The molecule has 1 aliphatic carbocycles. The topological polar surface area (TPSA) is 40.5 Å². The SMILES string of the molecule is OC[C@H]1CCC[C@@H](O)[C@H]1c1ccccc1. The van der Waals surface area contributed by atoms with Crippen molar-refractivity contribution < 1.29 is 10.2 Å². The maximum Gasteiger partial charge on any atom is 0.0612 e. The molecule has 0 bridgehead atoms. The summed E-state index contributed by atoms with van der Waals surface area (Å²) in [6.45, 7) is 0.177. The fourth-order valence-corrected chi connectivity index (χ4v) is 2.64. The Kier molecular flexibility index (Phi) is 3.39. The zero-order valence-corrected chi connectivity index (χ0v) is 8.84. The van der Waals surface area contributed by atoms with Crippen LogP contribution in [0, 0.1) is 5.92 Å². The zero-order valence-electron chi connectivity index (χ0n) is 8.84. The molecule has 0 radical (unpaired) electrons. The Morgan fingerprint density at radius 1 is 1.13 bits per heavy atom. The first-order valence-electron chi connectivity index (χ1n) is 5.67. The van der Waals surface area contributed by atoms with Crippen LogP contribution in [0.2, 0.25) is 0 Å². The van der Waals surface area contributed by atoms with Gasteiger partial charge in [0.25, 0.3) is 0 Å². The first-order chi connectivity index (χ1) is 7.33. The lowest BCUT2D eigenvalue weighted by molar-refractivity contribution is 0.0493. The molecular weight excluding hydrogens is 188 g/mol. The van der Waals surface area contributed by atoms with Gasteiger partial charge in [-0.2, -0.15) is 0 Å². The van der Waals surface area contributed by atoms with Crippen LogP contribution >= 0.6 is 0 Å². The van der Waals surface area contributed by atoms with Crippen LogP contribution in [0.3, 0.4) is 0 Å². The Morgan fingerprint density at radius 3 is 2.53 bits per heavy atom. The highest BCUT2D eigenvalue weighted by atomic mass is 16.3. The molecule has 3 atom stereocenters. The van der Waals surface area contributed by atoms with Crippen LogP contribution in [-0.2, 0) is 0 Å². The van der Waals surface area contributed by atoms with E-state index in [1.165, 1.54) is 0 Å². The van der Waals surface area contributed by atoms with Crippen molar-refractivity contribution in [3.05, 3.63) is 35.9 Å². The third-order valence-corrected chi connectivity index (χ3v) is 3.42. The molecule has 15 heavy (non-hydrogen) atoms. The van der Waals surface area contributed by atoms with E-state index in [9.17, 15) is 10.2 Å². The summed E-state index contributed by atoms with van der Waals surface area (Å²) in [4.78, 5) is 0. The smallest absolute Gasteiger partial charge is 0.0612 e. The van der Waals surface area contributed by atoms with Crippen molar-refractivity contribution in [2.75, 3.05) is 6.61 Å². The van der Waals surface area contributed by atoms with Crippen molar-refractivity contribution in [2.24, 2.45) is 5.92 Å². The number of hydrogen-bond donors (Lipinski definition) is 2. The summed E-state index contributed by atoms with van der Waals surface area (Å²) in [5, 5.41) is 19.3. The molecule has 0 saturated heterocycles. The number of aliphatic hydroxyl groups excluding tert-OH is 2. The molecule has 1 saturated carbocycles. The van der Waals surface area contributed by atoms with Crippen molar-refractivity contribution in [2.45, 2.75) is 31.3 Å². The van der Waals surface area contributed by atoms with Gasteiger partial charge in [-0.3, -0.25) is 0 Å². The molecule has 2 N–H and O–H groups in total. The van der Waals surface area contributed by atoms with Crippen LogP contribution in [0.5, 0.6) is 0 Å². The average Bonchev–Trinajstić information content (AvgIpc) is 2.29. The van der Waals surface area contributed by atoms with Gasteiger partial charge in [0.15, 0.2) is 0 Å². The van der Waals surface area contributed by atoms with Gasteiger partial charge in [0.1, 0.15) is 0 Å². The van der Waals surface area contributed by atoms with E-state index < -0.39 is 0 Å². The monoisotopic (exact) mass is 206 g/mol. The maximum atomic E-state index is 10.0. The van der Waals surface area contributed by atoms with Crippen LogP contribution in [0.1, 0.15) is 30.7 Å². The Labute approximate surface area is 90.6 Å². The molecule has 82 valence electrons. The minimum atomic E-state index is -0.293. The normalized spacial score (nSPS) is 31.5. The highest BCUT2D eigenvalue weighted by molar-refractivity contribution is 5.22. The first-order valence-corrected chi connectivity index (χ1v) is 5.67. The first kappa shape index (κ1) is 10.7. The van der Waals surface area contributed by atoms with Crippen molar-refractivity contribution in [1.29, 1.82) is 0 Å². The lowest BCUT2D eigenvalue weighted by atomic mass is 9.74. The summed E-state index contributed by atoms with van der Waals surface area (Å²) in [5.41, 5.74) is 1.16. The van der Waals surface area contributed by atoms with Gasteiger partial charge in [0, 0.05) is 12.5 Å². The van der Waals surface area contributed by atoms with Crippen LogP contribution in [0.15, 0.2) is 30.3 Å². The molecule has 1 aromatic rings. The Morgan fingerprint density at radius 2 is 1.87 bits per heavy atom. The van der Waals surface area contributed by atoms with E-state index in [0.717, 1.165) is 24.8 Å². The molecule has 0 spiro atoms. The molecule has 0 unspecified atom stereocenters. The van der Waals surface area contributed by atoms with Crippen LogP contribution in [0.4, 0.5) is 0 Å². The van der Waals surface area contributed by atoms with Crippen molar-refractivity contribution in [1.82, 2.24) is 0 Å². The number of hydrogen-bond acceptors (Lipinski definition) is 2. The van der Waals surface area contributed by atoms with Gasteiger partial charge in [0.05, 0.1) is 6.10 Å². The Hall–Kier alpha value is -0.860. The molecule has 0 aliphatic heterocycles. The standard InChI is InChI=1S/C13H18O2/c14-9-11-7-4-8-12(15)13(11)10-5-2-1-3-6-10/h1-3,5-6,11-15H,4,7-9H2/t11-,12-,13+/m1/s1. The van der Waals surface area contributed by atoms with E-state index in [0.29, 0.717) is 0 Å². The van der Waals surface area contributed by atoms with Gasteiger partial charge in [-0.05, 0) is 24.3 Å². The van der Waals surface area contributed by atoms with Gasteiger partial charge in [-0.15, -0.1) is 0 Å². The minimum absolute atomic E-state index is 0.116. The second kappa shape index (κ2) is 4.77. The number of rotatable bonds is 2. The van der Waals surface area contributed by atoms with E-state index in [2.05, 4.69) is 0 Å². The average molecular weight is 206 g/mol.